The van der Waals surface area contributed by atoms with Gasteiger partial charge in [-0.2, -0.15) is 0 Å². The van der Waals surface area contributed by atoms with Crippen LogP contribution in [-0.4, -0.2) is 34.6 Å². The lowest BCUT2D eigenvalue weighted by atomic mass is 9.96. The highest BCUT2D eigenvalue weighted by atomic mass is 16.6. The third-order valence-corrected chi connectivity index (χ3v) is 3.65. The average molecular weight is 309 g/mol. The predicted molar refractivity (Wildman–Crippen MR) is 83.2 cm³/mol. The molecule has 0 atom stereocenters. The topological polar surface area (TPSA) is 95.3 Å². The summed E-state index contributed by atoms with van der Waals surface area (Å²) < 4.78 is 5.41. The number of piperidine rings is 1. The number of carbonyl (C=O) groups is 1. The molecule has 0 amide bonds. The summed E-state index contributed by atoms with van der Waals surface area (Å²) in [6.07, 6.45) is 1.26. The number of aryl methyl sites for hydroxylation is 1. The van der Waals surface area contributed by atoms with Crippen LogP contribution in [0.1, 0.15) is 39.3 Å². The summed E-state index contributed by atoms with van der Waals surface area (Å²) in [4.78, 5) is 42.0. The maximum absolute atomic E-state index is 12.1. The number of nitrogens with zero attached hydrogens (tertiary/aromatic N) is 1. The van der Waals surface area contributed by atoms with Gasteiger partial charge >= 0.3 is 11.7 Å². The van der Waals surface area contributed by atoms with Gasteiger partial charge in [0.2, 0.25) is 0 Å². The zero-order valence-corrected chi connectivity index (χ0v) is 13.5. The van der Waals surface area contributed by atoms with Crippen LogP contribution >= 0.6 is 0 Å². The molecule has 1 aliphatic heterocycles. The van der Waals surface area contributed by atoms with Crippen molar-refractivity contribution in [3.63, 3.8) is 0 Å². The largest absolute Gasteiger partial charge is 0.460 e. The van der Waals surface area contributed by atoms with Gasteiger partial charge in [-0.3, -0.25) is 14.6 Å². The van der Waals surface area contributed by atoms with Crippen LogP contribution in [0.15, 0.2) is 9.59 Å². The fraction of sp³-hybridized carbons (Fsp3) is 0.667. The normalized spacial score (nSPS) is 16.6. The summed E-state index contributed by atoms with van der Waals surface area (Å²) in [7, 11) is 0. The molecule has 7 nitrogen and oxygen atoms in total. The van der Waals surface area contributed by atoms with Crippen molar-refractivity contribution in [2.24, 2.45) is 5.92 Å². The minimum atomic E-state index is -0.505. The first-order valence-corrected chi connectivity index (χ1v) is 7.48. The van der Waals surface area contributed by atoms with Crippen molar-refractivity contribution in [3.8, 4) is 0 Å². The van der Waals surface area contributed by atoms with Crippen molar-refractivity contribution >= 4 is 11.7 Å². The number of rotatable bonds is 2. The Hall–Kier alpha value is -2.05. The van der Waals surface area contributed by atoms with Crippen LogP contribution in [0.3, 0.4) is 0 Å². The first-order chi connectivity index (χ1) is 10.2. The molecule has 7 heteroatoms. The van der Waals surface area contributed by atoms with Gasteiger partial charge in [0, 0.05) is 18.8 Å². The van der Waals surface area contributed by atoms with Crippen molar-refractivity contribution in [3.05, 3.63) is 26.5 Å². The van der Waals surface area contributed by atoms with Crippen LogP contribution in [0.25, 0.3) is 0 Å². The molecule has 1 saturated heterocycles. The summed E-state index contributed by atoms with van der Waals surface area (Å²) in [5.41, 5.74) is -0.362. The van der Waals surface area contributed by atoms with Crippen molar-refractivity contribution < 1.29 is 9.53 Å². The van der Waals surface area contributed by atoms with E-state index in [4.69, 9.17) is 4.74 Å². The second-order valence-electron chi connectivity index (χ2n) is 6.68. The monoisotopic (exact) mass is 309 g/mol. The number of anilines is 1. The van der Waals surface area contributed by atoms with Crippen LogP contribution in [0.5, 0.6) is 0 Å². The lowest BCUT2D eigenvalue weighted by molar-refractivity contribution is -0.160. The molecule has 0 bridgehead atoms. The van der Waals surface area contributed by atoms with Gasteiger partial charge in [-0.1, -0.05) is 0 Å². The number of aromatic nitrogens is 2. The van der Waals surface area contributed by atoms with Gasteiger partial charge in [0.25, 0.3) is 5.56 Å². The van der Waals surface area contributed by atoms with Crippen molar-refractivity contribution in [1.82, 2.24) is 9.97 Å². The van der Waals surface area contributed by atoms with Crippen LogP contribution < -0.4 is 16.1 Å². The summed E-state index contributed by atoms with van der Waals surface area (Å²) in [6, 6.07) is 0. The smallest absolute Gasteiger partial charge is 0.326 e. The van der Waals surface area contributed by atoms with Crippen LogP contribution in [0.4, 0.5) is 5.69 Å². The second kappa shape index (κ2) is 5.98. The van der Waals surface area contributed by atoms with Crippen molar-refractivity contribution in [2.75, 3.05) is 18.0 Å². The molecule has 0 unspecified atom stereocenters. The van der Waals surface area contributed by atoms with Crippen molar-refractivity contribution in [1.29, 1.82) is 0 Å². The zero-order valence-electron chi connectivity index (χ0n) is 13.5. The van der Waals surface area contributed by atoms with Gasteiger partial charge < -0.3 is 14.6 Å². The predicted octanol–water partition coefficient (Wildman–Crippen LogP) is 0.930. The lowest BCUT2D eigenvalue weighted by Gasteiger charge is -2.33. The van der Waals surface area contributed by atoms with E-state index in [9.17, 15) is 14.4 Å². The van der Waals surface area contributed by atoms with Gasteiger partial charge in [0.15, 0.2) is 0 Å². The zero-order chi connectivity index (χ0) is 16.5. The Morgan fingerprint density at radius 1 is 1.18 bits per heavy atom. The highest BCUT2D eigenvalue weighted by Crippen LogP contribution is 2.24. The quantitative estimate of drug-likeness (QED) is 0.792. The number of ether oxygens (including phenoxy) is 1. The molecule has 2 rings (SSSR count). The number of H-pyrrole nitrogens is 2. The Morgan fingerprint density at radius 2 is 1.77 bits per heavy atom. The van der Waals surface area contributed by atoms with E-state index in [0.717, 1.165) is 0 Å². The highest BCUT2D eigenvalue weighted by molar-refractivity contribution is 5.73. The molecule has 122 valence electrons. The van der Waals surface area contributed by atoms with Crippen LogP contribution in [0.2, 0.25) is 0 Å². The van der Waals surface area contributed by atoms with Gasteiger partial charge in [-0.15, -0.1) is 0 Å². The fourth-order valence-electron chi connectivity index (χ4n) is 2.70. The van der Waals surface area contributed by atoms with Crippen molar-refractivity contribution in [2.45, 2.75) is 46.1 Å². The molecule has 0 saturated carbocycles. The van der Waals surface area contributed by atoms with Crippen LogP contribution in [-0.2, 0) is 9.53 Å². The maximum Gasteiger partial charge on any atom is 0.326 e. The highest BCUT2D eigenvalue weighted by Gasteiger charge is 2.30. The number of hydrogen-bond acceptors (Lipinski definition) is 5. The van der Waals surface area contributed by atoms with E-state index >= 15 is 0 Å². The number of aromatic amines is 2. The molecule has 1 aromatic heterocycles. The number of nitrogens with one attached hydrogen (secondary N) is 2. The minimum absolute atomic E-state index is 0.141. The molecule has 0 aliphatic carbocycles. The van der Waals surface area contributed by atoms with E-state index in [2.05, 4.69) is 9.97 Å². The molecular formula is C15H23N3O4. The van der Waals surface area contributed by atoms with E-state index < -0.39 is 16.9 Å². The Kier molecular flexibility index (Phi) is 4.44. The Bertz CT molecular complexity index is 661. The molecule has 1 aliphatic rings. The summed E-state index contributed by atoms with van der Waals surface area (Å²) in [5, 5.41) is 0. The first kappa shape index (κ1) is 16.3. The average Bonchev–Trinajstić information content (AvgIpc) is 2.36. The molecule has 2 heterocycles. The molecule has 2 N–H and O–H groups in total. The molecule has 0 aromatic carbocycles. The van der Waals surface area contributed by atoms with E-state index in [1.54, 1.807) is 6.92 Å². The summed E-state index contributed by atoms with van der Waals surface area (Å²) in [6.45, 7) is 8.42. The number of carbonyl (C=O) groups excluding carboxylic acids is 1. The molecule has 0 radical (unpaired) electrons. The third-order valence-electron chi connectivity index (χ3n) is 3.65. The van der Waals surface area contributed by atoms with Gasteiger partial charge in [-0.25, -0.2) is 4.79 Å². The summed E-state index contributed by atoms with van der Waals surface area (Å²) in [5.74, 6) is -0.322. The third kappa shape index (κ3) is 3.78. The van der Waals surface area contributed by atoms with Gasteiger partial charge in [-0.05, 0) is 40.5 Å². The molecular weight excluding hydrogens is 286 g/mol. The van der Waals surface area contributed by atoms with Gasteiger partial charge in [0.1, 0.15) is 11.3 Å². The standard InChI is InChI=1S/C15H23N3O4/c1-9-11(12(19)17-14(21)16-9)18-7-5-10(6-8-18)13(20)22-15(2,3)4/h10H,5-8H2,1-4H3,(H2,16,17,19,21). The maximum atomic E-state index is 12.1. The van der Waals surface area contributed by atoms with E-state index in [1.807, 2.05) is 25.7 Å². The molecule has 1 aromatic rings. The van der Waals surface area contributed by atoms with E-state index in [-0.39, 0.29) is 11.9 Å². The first-order valence-electron chi connectivity index (χ1n) is 7.48. The molecule has 0 spiro atoms. The molecule has 1 fully saturated rings. The number of hydrogen-bond donors (Lipinski definition) is 2. The Balaban J connectivity index is 2.06. The lowest BCUT2D eigenvalue weighted by Crippen LogP contribution is -2.42. The second-order valence-corrected chi connectivity index (χ2v) is 6.68. The minimum Gasteiger partial charge on any atom is -0.460 e. The van der Waals surface area contributed by atoms with Crippen LogP contribution in [0, 0.1) is 12.8 Å². The summed E-state index contributed by atoms with van der Waals surface area (Å²) >= 11 is 0. The molecule has 22 heavy (non-hydrogen) atoms. The van der Waals surface area contributed by atoms with Gasteiger partial charge in [0.05, 0.1) is 5.92 Å². The SMILES string of the molecule is Cc1[nH]c(=O)[nH]c(=O)c1N1CCC(C(=O)OC(C)(C)C)CC1. The van der Waals surface area contributed by atoms with E-state index in [1.165, 1.54) is 0 Å². The Labute approximate surface area is 128 Å². The fourth-order valence-corrected chi connectivity index (χ4v) is 2.70. The Morgan fingerprint density at radius 3 is 2.27 bits per heavy atom. The number of esters is 1. The van der Waals surface area contributed by atoms with E-state index in [0.29, 0.717) is 37.3 Å².